The fourth-order valence-electron chi connectivity index (χ4n) is 1.28. The molecule has 0 unspecified atom stereocenters. The molecule has 3 heteroatoms. The second kappa shape index (κ2) is 8.72. The Labute approximate surface area is 93.4 Å². The Morgan fingerprint density at radius 1 is 1.27 bits per heavy atom. The Kier molecular flexibility index (Phi) is 8.38. The lowest BCUT2D eigenvalue weighted by atomic mass is 10.1. The quantitative estimate of drug-likeness (QED) is 0.500. The first kappa shape index (κ1) is 14.4. The third kappa shape index (κ3) is 7.37. The molecule has 0 saturated carbocycles. The van der Waals surface area contributed by atoms with Crippen LogP contribution in [0.3, 0.4) is 0 Å². The first-order chi connectivity index (χ1) is 7.11. The van der Waals surface area contributed by atoms with Crippen LogP contribution < -0.4 is 5.73 Å². The van der Waals surface area contributed by atoms with Gasteiger partial charge in [-0.3, -0.25) is 4.79 Å². The number of carbonyl (C=O) groups is 1. The van der Waals surface area contributed by atoms with Crippen LogP contribution in [0, 0.1) is 0 Å². The number of unbranched alkanes of at least 4 members (excludes halogenated alkanes) is 3. The highest BCUT2D eigenvalue weighted by atomic mass is 16.5. The van der Waals surface area contributed by atoms with Crippen LogP contribution in [0.15, 0.2) is 0 Å². The summed E-state index contributed by atoms with van der Waals surface area (Å²) in [6.07, 6.45) is 6.16. The van der Waals surface area contributed by atoms with Gasteiger partial charge >= 0.3 is 5.97 Å². The van der Waals surface area contributed by atoms with Crippen LogP contribution in [0.4, 0.5) is 0 Å². The maximum atomic E-state index is 11.4. The zero-order valence-corrected chi connectivity index (χ0v) is 10.3. The Balaban J connectivity index is 3.60. The van der Waals surface area contributed by atoms with E-state index in [0.29, 0.717) is 0 Å². The summed E-state index contributed by atoms with van der Waals surface area (Å²) in [7, 11) is 0. The highest BCUT2D eigenvalue weighted by Gasteiger charge is 2.16. The van der Waals surface area contributed by atoms with E-state index in [4.69, 9.17) is 10.5 Å². The van der Waals surface area contributed by atoms with Crippen molar-refractivity contribution in [2.24, 2.45) is 5.73 Å². The lowest BCUT2D eigenvalue weighted by molar-refractivity contribution is -0.150. The van der Waals surface area contributed by atoms with Crippen molar-refractivity contribution in [2.75, 3.05) is 0 Å². The molecule has 90 valence electrons. The SMILES string of the molecule is CCCCCC[C@H](N)C(=O)O[C@H](C)CC. The molecule has 2 atom stereocenters. The second-order valence-corrected chi connectivity index (χ2v) is 4.11. The van der Waals surface area contributed by atoms with Gasteiger partial charge in [0.1, 0.15) is 6.04 Å². The fourth-order valence-corrected chi connectivity index (χ4v) is 1.28. The summed E-state index contributed by atoms with van der Waals surface area (Å²) in [6.45, 7) is 6.05. The number of nitrogens with two attached hydrogens (primary N) is 1. The minimum atomic E-state index is -0.434. The van der Waals surface area contributed by atoms with Gasteiger partial charge in [-0.25, -0.2) is 0 Å². The average Bonchev–Trinajstić information content (AvgIpc) is 2.23. The van der Waals surface area contributed by atoms with Gasteiger partial charge in [-0.15, -0.1) is 0 Å². The fraction of sp³-hybridized carbons (Fsp3) is 0.917. The molecule has 0 aromatic carbocycles. The van der Waals surface area contributed by atoms with Crippen LogP contribution in [-0.4, -0.2) is 18.1 Å². The number of carbonyl (C=O) groups excluding carboxylic acids is 1. The van der Waals surface area contributed by atoms with Crippen LogP contribution in [0.5, 0.6) is 0 Å². The van der Waals surface area contributed by atoms with Crippen molar-refractivity contribution in [3.63, 3.8) is 0 Å². The van der Waals surface area contributed by atoms with Crippen LogP contribution in [0.1, 0.15) is 59.3 Å². The van der Waals surface area contributed by atoms with E-state index in [0.717, 1.165) is 25.7 Å². The van der Waals surface area contributed by atoms with Crippen LogP contribution in [0.25, 0.3) is 0 Å². The summed E-state index contributed by atoms with van der Waals surface area (Å²) in [6, 6.07) is -0.434. The number of hydrogen-bond donors (Lipinski definition) is 1. The Hall–Kier alpha value is -0.570. The van der Waals surface area contributed by atoms with Crippen molar-refractivity contribution in [3.05, 3.63) is 0 Å². The van der Waals surface area contributed by atoms with Gasteiger partial charge in [0.05, 0.1) is 6.10 Å². The first-order valence-electron chi connectivity index (χ1n) is 6.07. The van der Waals surface area contributed by atoms with Crippen LogP contribution >= 0.6 is 0 Å². The molecule has 0 aliphatic carbocycles. The standard InChI is InChI=1S/C12H25NO2/c1-4-6-7-8-9-11(13)12(14)15-10(3)5-2/h10-11H,4-9,13H2,1-3H3/t10-,11+/m1/s1. The topological polar surface area (TPSA) is 52.3 Å². The lowest BCUT2D eigenvalue weighted by Crippen LogP contribution is -2.34. The van der Waals surface area contributed by atoms with E-state index in [1.807, 2.05) is 13.8 Å². The maximum absolute atomic E-state index is 11.4. The molecule has 15 heavy (non-hydrogen) atoms. The second-order valence-electron chi connectivity index (χ2n) is 4.11. The van der Waals surface area contributed by atoms with Crippen molar-refractivity contribution in [3.8, 4) is 0 Å². The Morgan fingerprint density at radius 3 is 2.47 bits per heavy atom. The summed E-state index contributed by atoms with van der Waals surface area (Å²) in [5.74, 6) is -0.249. The molecular formula is C12H25NO2. The summed E-state index contributed by atoms with van der Waals surface area (Å²) < 4.78 is 5.15. The van der Waals surface area contributed by atoms with E-state index < -0.39 is 6.04 Å². The van der Waals surface area contributed by atoms with Gasteiger partial charge in [-0.2, -0.15) is 0 Å². The maximum Gasteiger partial charge on any atom is 0.323 e. The summed E-state index contributed by atoms with van der Waals surface area (Å²) in [5.41, 5.74) is 5.73. The van der Waals surface area contributed by atoms with Gasteiger partial charge in [-0.1, -0.05) is 39.5 Å². The van der Waals surface area contributed by atoms with Gasteiger partial charge < -0.3 is 10.5 Å². The molecule has 0 saturated heterocycles. The molecule has 0 aliphatic rings. The third-order valence-electron chi connectivity index (χ3n) is 2.56. The summed E-state index contributed by atoms with van der Waals surface area (Å²) in [4.78, 5) is 11.4. The number of rotatable bonds is 8. The van der Waals surface area contributed by atoms with Crippen LogP contribution in [0.2, 0.25) is 0 Å². The minimum Gasteiger partial charge on any atom is -0.462 e. The number of esters is 1. The monoisotopic (exact) mass is 215 g/mol. The zero-order valence-electron chi connectivity index (χ0n) is 10.3. The van der Waals surface area contributed by atoms with Crippen LogP contribution in [-0.2, 0) is 9.53 Å². The molecular weight excluding hydrogens is 190 g/mol. The Bertz CT molecular complexity index is 171. The van der Waals surface area contributed by atoms with Gasteiger partial charge in [0.25, 0.3) is 0 Å². The number of ether oxygens (including phenoxy) is 1. The molecule has 0 radical (unpaired) electrons. The van der Waals surface area contributed by atoms with Crippen molar-refractivity contribution in [1.82, 2.24) is 0 Å². The third-order valence-corrected chi connectivity index (χ3v) is 2.56. The van der Waals surface area contributed by atoms with E-state index in [2.05, 4.69) is 6.92 Å². The number of hydrogen-bond acceptors (Lipinski definition) is 3. The normalized spacial score (nSPS) is 14.7. The molecule has 0 fully saturated rings. The van der Waals surface area contributed by atoms with Gasteiger partial charge in [0, 0.05) is 0 Å². The van der Waals surface area contributed by atoms with Gasteiger partial charge in [0.15, 0.2) is 0 Å². The minimum absolute atomic E-state index is 0.0146. The zero-order chi connectivity index (χ0) is 11.7. The summed E-state index contributed by atoms with van der Waals surface area (Å²) >= 11 is 0. The van der Waals surface area contributed by atoms with E-state index in [1.165, 1.54) is 12.8 Å². The molecule has 0 aromatic rings. The molecule has 3 nitrogen and oxygen atoms in total. The molecule has 0 heterocycles. The smallest absolute Gasteiger partial charge is 0.323 e. The van der Waals surface area contributed by atoms with Crippen molar-refractivity contribution in [1.29, 1.82) is 0 Å². The van der Waals surface area contributed by atoms with Crippen molar-refractivity contribution >= 4 is 5.97 Å². The van der Waals surface area contributed by atoms with Gasteiger partial charge in [0.2, 0.25) is 0 Å². The molecule has 0 aromatic heterocycles. The van der Waals surface area contributed by atoms with Crippen molar-refractivity contribution < 1.29 is 9.53 Å². The molecule has 0 rings (SSSR count). The van der Waals surface area contributed by atoms with E-state index in [1.54, 1.807) is 0 Å². The average molecular weight is 215 g/mol. The molecule has 0 amide bonds. The van der Waals surface area contributed by atoms with Gasteiger partial charge in [-0.05, 0) is 19.8 Å². The van der Waals surface area contributed by atoms with E-state index >= 15 is 0 Å². The molecule has 0 aliphatic heterocycles. The lowest BCUT2D eigenvalue weighted by Gasteiger charge is -2.15. The van der Waals surface area contributed by atoms with E-state index in [9.17, 15) is 4.79 Å². The molecule has 2 N–H and O–H groups in total. The summed E-state index contributed by atoms with van der Waals surface area (Å²) in [5, 5.41) is 0. The highest BCUT2D eigenvalue weighted by Crippen LogP contribution is 2.07. The molecule has 0 spiro atoms. The highest BCUT2D eigenvalue weighted by molar-refractivity contribution is 5.75. The largest absolute Gasteiger partial charge is 0.462 e. The Morgan fingerprint density at radius 2 is 1.93 bits per heavy atom. The van der Waals surface area contributed by atoms with Crippen molar-refractivity contribution in [2.45, 2.75) is 71.4 Å². The predicted octanol–water partition coefficient (Wildman–Crippen LogP) is 2.63. The first-order valence-corrected chi connectivity index (χ1v) is 6.07. The molecule has 0 bridgehead atoms. The predicted molar refractivity (Wildman–Crippen MR) is 62.6 cm³/mol. The van der Waals surface area contributed by atoms with E-state index in [-0.39, 0.29) is 12.1 Å².